The Morgan fingerprint density at radius 3 is 2.00 bits per heavy atom. The molecule has 0 aliphatic rings. The highest BCUT2D eigenvalue weighted by Crippen LogP contribution is 2.12. The fraction of sp³-hybridized carbons (Fsp3) is 0.273. The number of esters is 1. The molecule has 0 fully saturated rings. The van der Waals surface area contributed by atoms with Crippen molar-refractivity contribution in [1.82, 2.24) is 5.32 Å². The average molecular weight is 378 g/mol. The molecule has 1 atom stereocenters. The van der Waals surface area contributed by atoms with Gasteiger partial charge in [0.2, 0.25) is 0 Å². The average Bonchev–Trinajstić information content (AvgIpc) is 2.71. The minimum Gasteiger partial charge on any atom is -0.464 e. The van der Waals surface area contributed by atoms with Crippen LogP contribution in [0.25, 0.3) is 0 Å². The summed E-state index contributed by atoms with van der Waals surface area (Å²) in [6, 6.07) is 12.7. The van der Waals surface area contributed by atoms with Gasteiger partial charge in [0.1, 0.15) is 11.7 Å². The van der Waals surface area contributed by atoms with E-state index in [1.165, 1.54) is 0 Å². The molecular weight excluding hydrogens is 356 g/mol. The van der Waals surface area contributed by atoms with Gasteiger partial charge in [0, 0.05) is 16.7 Å². The summed E-state index contributed by atoms with van der Waals surface area (Å²) in [6.07, 6.45) is 0. The lowest BCUT2D eigenvalue weighted by atomic mass is 10.0. The Hall–Kier alpha value is -3.46. The second-order valence-corrected chi connectivity index (χ2v) is 6.41. The first-order valence-electron chi connectivity index (χ1n) is 8.97. The van der Waals surface area contributed by atoms with Crippen molar-refractivity contribution in [2.45, 2.75) is 26.8 Å². The van der Waals surface area contributed by atoms with Gasteiger partial charge in [-0.25, -0.2) is 4.79 Å². The van der Waals surface area contributed by atoms with E-state index in [0.717, 1.165) is 11.1 Å². The molecule has 1 amide bonds. The molecule has 6 heteroatoms. The van der Waals surface area contributed by atoms with Crippen LogP contribution in [0.1, 0.15) is 42.3 Å². The fourth-order valence-electron chi connectivity index (χ4n) is 2.41. The number of amides is 1. The van der Waals surface area contributed by atoms with Crippen LogP contribution in [0, 0.1) is 22.7 Å². The molecule has 0 saturated carbocycles. The van der Waals surface area contributed by atoms with Crippen LogP contribution in [0.4, 0.5) is 5.69 Å². The number of carbonyl (C=O) groups is 2. The van der Waals surface area contributed by atoms with Crippen molar-refractivity contribution in [2.24, 2.45) is 11.1 Å². The van der Waals surface area contributed by atoms with E-state index in [9.17, 15) is 14.5 Å². The maximum atomic E-state index is 12.4. The minimum atomic E-state index is -0.698. The monoisotopic (exact) mass is 378 g/mol. The molecule has 0 saturated heterocycles. The van der Waals surface area contributed by atoms with E-state index in [1.54, 1.807) is 55.5 Å². The minimum absolute atomic E-state index is 0.0889. The summed E-state index contributed by atoms with van der Waals surface area (Å²) in [4.78, 5) is 34.8. The van der Waals surface area contributed by atoms with Gasteiger partial charge in [-0.3, -0.25) is 4.79 Å². The lowest BCUT2D eigenvalue weighted by molar-refractivity contribution is -0.146. The van der Waals surface area contributed by atoms with Crippen LogP contribution >= 0.6 is 0 Å². The van der Waals surface area contributed by atoms with Crippen molar-refractivity contribution in [3.05, 3.63) is 70.1 Å². The Labute approximate surface area is 164 Å². The number of carbonyl (C=O) groups excluding carboxylic acids is 2. The van der Waals surface area contributed by atoms with Gasteiger partial charge in [-0.1, -0.05) is 25.7 Å². The highest BCUT2D eigenvalue weighted by molar-refractivity contribution is 5.96. The Kier molecular flexibility index (Phi) is 7.46. The highest BCUT2D eigenvalue weighted by Gasteiger charge is 2.25. The molecule has 0 aliphatic heterocycles. The molecular formula is C22H22N2O4. The van der Waals surface area contributed by atoms with E-state index >= 15 is 0 Å². The summed E-state index contributed by atoms with van der Waals surface area (Å²) in [7, 11) is 0. The summed E-state index contributed by atoms with van der Waals surface area (Å²) in [6.45, 7) is 5.68. The number of ether oxygens (including phenoxy) is 1. The van der Waals surface area contributed by atoms with Crippen molar-refractivity contribution in [2.75, 3.05) is 6.61 Å². The van der Waals surface area contributed by atoms with Gasteiger partial charge in [-0.05, 0) is 66.5 Å². The smallest absolute Gasteiger partial charge is 0.328 e. The second-order valence-electron chi connectivity index (χ2n) is 6.41. The topological polar surface area (TPSA) is 84.8 Å². The Morgan fingerprint density at radius 1 is 1.00 bits per heavy atom. The van der Waals surface area contributed by atoms with E-state index in [0.29, 0.717) is 11.3 Å². The van der Waals surface area contributed by atoms with E-state index in [2.05, 4.69) is 22.3 Å². The van der Waals surface area contributed by atoms with Gasteiger partial charge < -0.3 is 10.1 Å². The van der Waals surface area contributed by atoms with Gasteiger partial charge in [0.05, 0.1) is 6.61 Å². The van der Waals surface area contributed by atoms with Crippen LogP contribution in [-0.2, 0) is 9.53 Å². The lowest BCUT2D eigenvalue weighted by Gasteiger charge is -2.20. The zero-order valence-electron chi connectivity index (χ0n) is 16.1. The third-order valence-electron chi connectivity index (χ3n) is 3.96. The normalized spacial score (nSPS) is 11.1. The summed E-state index contributed by atoms with van der Waals surface area (Å²) in [5.74, 6) is 5.10. The molecule has 0 unspecified atom stereocenters. The summed E-state index contributed by atoms with van der Waals surface area (Å²) >= 11 is 0. The molecule has 144 valence electrons. The van der Waals surface area contributed by atoms with Crippen LogP contribution in [0.2, 0.25) is 0 Å². The summed E-state index contributed by atoms with van der Waals surface area (Å²) in [5, 5.41) is 5.56. The largest absolute Gasteiger partial charge is 0.464 e. The number of hydrogen-bond donors (Lipinski definition) is 1. The maximum absolute atomic E-state index is 12.4. The van der Waals surface area contributed by atoms with Crippen LogP contribution in [0.3, 0.4) is 0 Å². The number of nitroso groups, excluding NO2 is 1. The molecule has 0 heterocycles. The van der Waals surface area contributed by atoms with Crippen molar-refractivity contribution in [3.63, 3.8) is 0 Å². The first kappa shape index (κ1) is 20.8. The standard InChI is InChI=1S/C22H22N2O4/c1-4-28-22(26)20(15(2)3)23-21(25)18-11-7-16(8-12-18)5-6-17-9-13-19(24-27)14-10-17/h7-15,20H,4H2,1-3H3,(H,23,25)/t20-/m0/s1. The molecule has 0 spiro atoms. The maximum Gasteiger partial charge on any atom is 0.328 e. The summed E-state index contributed by atoms with van der Waals surface area (Å²) < 4.78 is 5.01. The molecule has 0 bridgehead atoms. The number of hydrogen-bond acceptors (Lipinski definition) is 5. The van der Waals surface area contributed by atoms with Crippen LogP contribution < -0.4 is 5.32 Å². The molecule has 28 heavy (non-hydrogen) atoms. The van der Waals surface area contributed by atoms with Crippen molar-refractivity contribution in [3.8, 4) is 11.8 Å². The van der Waals surface area contributed by atoms with Gasteiger partial charge in [0.15, 0.2) is 0 Å². The first-order chi connectivity index (χ1) is 13.4. The molecule has 6 nitrogen and oxygen atoms in total. The summed E-state index contributed by atoms with van der Waals surface area (Å²) in [5.41, 5.74) is 2.27. The lowest BCUT2D eigenvalue weighted by Crippen LogP contribution is -2.45. The van der Waals surface area contributed by atoms with Crippen molar-refractivity contribution in [1.29, 1.82) is 0 Å². The Morgan fingerprint density at radius 2 is 1.54 bits per heavy atom. The second kappa shape index (κ2) is 10.0. The van der Waals surface area contributed by atoms with E-state index < -0.39 is 12.0 Å². The number of nitrogens with zero attached hydrogens (tertiary/aromatic N) is 1. The van der Waals surface area contributed by atoms with Gasteiger partial charge in [-0.2, -0.15) is 0 Å². The SMILES string of the molecule is CCOC(=O)[C@@H](NC(=O)c1ccc(C#Cc2ccc(N=O)cc2)cc1)C(C)C. The highest BCUT2D eigenvalue weighted by atomic mass is 16.5. The first-order valence-corrected chi connectivity index (χ1v) is 8.97. The predicted octanol–water partition coefficient (Wildman–Crippen LogP) is 3.80. The number of nitrogens with one attached hydrogen (secondary N) is 1. The quantitative estimate of drug-likeness (QED) is 0.471. The Balaban J connectivity index is 2.06. The number of rotatable bonds is 6. The van der Waals surface area contributed by atoms with Gasteiger partial charge in [0.25, 0.3) is 5.91 Å². The molecule has 0 radical (unpaired) electrons. The van der Waals surface area contributed by atoms with Gasteiger partial charge >= 0.3 is 5.97 Å². The Bertz CT molecular complexity index is 891. The van der Waals surface area contributed by atoms with Crippen LogP contribution in [0.15, 0.2) is 53.7 Å². The molecule has 1 N–H and O–H groups in total. The zero-order chi connectivity index (χ0) is 20.5. The zero-order valence-corrected chi connectivity index (χ0v) is 16.1. The molecule has 2 aromatic rings. The van der Waals surface area contributed by atoms with E-state index in [-0.39, 0.29) is 18.4 Å². The van der Waals surface area contributed by atoms with E-state index in [1.807, 2.05) is 13.8 Å². The van der Waals surface area contributed by atoms with E-state index in [4.69, 9.17) is 4.74 Å². The fourth-order valence-corrected chi connectivity index (χ4v) is 2.41. The number of benzene rings is 2. The molecule has 0 aliphatic carbocycles. The van der Waals surface area contributed by atoms with Crippen molar-refractivity contribution >= 4 is 17.6 Å². The van der Waals surface area contributed by atoms with Crippen molar-refractivity contribution < 1.29 is 14.3 Å². The van der Waals surface area contributed by atoms with Gasteiger partial charge in [-0.15, -0.1) is 4.91 Å². The van der Waals surface area contributed by atoms with Crippen LogP contribution in [0.5, 0.6) is 0 Å². The third-order valence-corrected chi connectivity index (χ3v) is 3.96. The molecule has 0 aromatic heterocycles. The molecule has 2 rings (SSSR count). The third kappa shape index (κ3) is 5.78. The molecule has 2 aromatic carbocycles. The van der Waals surface area contributed by atoms with Crippen LogP contribution in [-0.4, -0.2) is 24.5 Å². The predicted molar refractivity (Wildman–Crippen MR) is 107 cm³/mol.